The van der Waals surface area contributed by atoms with E-state index in [1.807, 2.05) is 97.1 Å². The molecule has 0 aliphatic heterocycles. The maximum absolute atomic E-state index is 16.1. The van der Waals surface area contributed by atoms with Crippen molar-refractivity contribution in [1.29, 1.82) is 0 Å². The second kappa shape index (κ2) is 19.7. The van der Waals surface area contributed by atoms with Crippen LogP contribution < -0.4 is 0 Å². The average Bonchev–Trinajstić information content (AvgIpc) is 3.13. The number of aliphatic hydroxyl groups excluding tert-OH is 1. The Labute approximate surface area is 287 Å². The number of aliphatic hydroxyl groups is 1. The minimum absolute atomic E-state index is 0.0251. The third-order valence-corrected chi connectivity index (χ3v) is 7.76. The van der Waals surface area contributed by atoms with Crippen molar-refractivity contribution in [3.63, 3.8) is 0 Å². The Morgan fingerprint density at radius 1 is 0.673 bits per heavy atom. The molecule has 4 atom stereocenters. The van der Waals surface area contributed by atoms with Crippen LogP contribution in [0.2, 0.25) is 0 Å². The normalized spacial score (nSPS) is 14.5. The molecule has 0 saturated carbocycles. The highest BCUT2D eigenvalue weighted by Gasteiger charge is 2.52. The van der Waals surface area contributed by atoms with Gasteiger partial charge in [-0.3, -0.25) is 0 Å². The van der Waals surface area contributed by atoms with Crippen LogP contribution in [-0.4, -0.2) is 54.6 Å². The van der Waals surface area contributed by atoms with Crippen molar-refractivity contribution in [3.05, 3.63) is 155 Å². The standard InChI is InChI=1S/C40H44F2O7/c1-3-34(40(41,42)39(44)46-4-2)36(47-26-31-19-11-6-12-20-31)38(49-28-33-23-15-8-16-24-33)37(48-27-32-21-13-7-14-22-32)35(43)29-45-25-30-17-9-5-10-18-30/h3,5-24,35-38,43H,4,25-29H2,1-2H3/b34-3-/t35-,36+,37-,38-/m1/s1. The van der Waals surface area contributed by atoms with Gasteiger partial charge in [-0.25, -0.2) is 4.79 Å². The van der Waals surface area contributed by atoms with Crippen LogP contribution in [0.4, 0.5) is 8.78 Å². The van der Waals surface area contributed by atoms with Crippen LogP contribution >= 0.6 is 0 Å². The summed E-state index contributed by atoms with van der Waals surface area (Å²) in [5.41, 5.74) is 2.47. The number of carbonyl (C=O) groups excluding carboxylic acids is 1. The Bertz CT molecular complexity index is 1540. The minimum atomic E-state index is -4.08. The number of ether oxygens (including phenoxy) is 5. The van der Waals surface area contributed by atoms with Crippen LogP contribution in [0, 0.1) is 0 Å². The second-order valence-corrected chi connectivity index (χ2v) is 11.3. The van der Waals surface area contributed by atoms with Crippen LogP contribution in [0.5, 0.6) is 0 Å². The molecule has 260 valence electrons. The predicted octanol–water partition coefficient (Wildman–Crippen LogP) is 7.47. The van der Waals surface area contributed by atoms with Gasteiger partial charge in [-0.1, -0.05) is 127 Å². The molecule has 0 radical (unpaired) electrons. The molecule has 7 nitrogen and oxygen atoms in total. The van der Waals surface area contributed by atoms with Crippen molar-refractivity contribution in [2.24, 2.45) is 0 Å². The summed E-state index contributed by atoms with van der Waals surface area (Å²) in [6.45, 7) is 2.51. The highest BCUT2D eigenvalue weighted by Crippen LogP contribution is 2.35. The molecule has 0 fully saturated rings. The minimum Gasteiger partial charge on any atom is -0.461 e. The first-order valence-corrected chi connectivity index (χ1v) is 16.3. The number of carbonyl (C=O) groups is 1. The van der Waals surface area contributed by atoms with Gasteiger partial charge in [-0.15, -0.1) is 0 Å². The first-order valence-electron chi connectivity index (χ1n) is 16.3. The molecule has 0 aliphatic rings. The second-order valence-electron chi connectivity index (χ2n) is 11.3. The molecule has 1 N–H and O–H groups in total. The van der Waals surface area contributed by atoms with E-state index in [4.69, 9.17) is 23.7 Å². The predicted molar refractivity (Wildman–Crippen MR) is 182 cm³/mol. The number of hydrogen-bond donors (Lipinski definition) is 1. The van der Waals surface area contributed by atoms with E-state index in [1.165, 1.54) is 13.8 Å². The molecular formula is C40H44F2O7. The lowest BCUT2D eigenvalue weighted by molar-refractivity contribution is -0.191. The zero-order chi connectivity index (χ0) is 34.9. The average molecular weight is 675 g/mol. The zero-order valence-electron chi connectivity index (χ0n) is 27.8. The lowest BCUT2D eigenvalue weighted by Crippen LogP contribution is -2.53. The van der Waals surface area contributed by atoms with Gasteiger partial charge in [0.15, 0.2) is 0 Å². The molecule has 0 aromatic heterocycles. The number of benzene rings is 4. The summed E-state index contributed by atoms with van der Waals surface area (Å²) in [4.78, 5) is 12.7. The molecule has 4 rings (SSSR count). The smallest absolute Gasteiger partial charge is 0.381 e. The molecule has 49 heavy (non-hydrogen) atoms. The van der Waals surface area contributed by atoms with E-state index in [9.17, 15) is 9.90 Å². The van der Waals surface area contributed by atoms with E-state index >= 15 is 8.78 Å². The summed E-state index contributed by atoms with van der Waals surface area (Å²) in [7, 11) is 0. The lowest BCUT2D eigenvalue weighted by atomic mass is 9.92. The number of rotatable bonds is 20. The van der Waals surface area contributed by atoms with Gasteiger partial charge in [-0.05, 0) is 36.1 Å². The van der Waals surface area contributed by atoms with E-state index in [-0.39, 0.29) is 39.6 Å². The Balaban J connectivity index is 1.75. The fourth-order valence-corrected chi connectivity index (χ4v) is 5.26. The van der Waals surface area contributed by atoms with Crippen molar-refractivity contribution in [3.8, 4) is 0 Å². The van der Waals surface area contributed by atoms with Crippen molar-refractivity contribution >= 4 is 5.97 Å². The maximum Gasteiger partial charge on any atom is 0.381 e. The monoisotopic (exact) mass is 674 g/mol. The van der Waals surface area contributed by atoms with Crippen LogP contribution in [0.15, 0.2) is 133 Å². The highest BCUT2D eigenvalue weighted by atomic mass is 19.3. The molecule has 4 aromatic rings. The van der Waals surface area contributed by atoms with E-state index in [0.717, 1.165) is 22.8 Å². The van der Waals surface area contributed by atoms with Gasteiger partial charge in [0.25, 0.3) is 0 Å². The molecule has 0 aliphatic carbocycles. The van der Waals surface area contributed by atoms with Crippen LogP contribution in [-0.2, 0) is 54.9 Å². The van der Waals surface area contributed by atoms with E-state index in [1.54, 1.807) is 24.3 Å². The Hall–Kier alpha value is -4.25. The summed E-state index contributed by atoms with van der Waals surface area (Å²) in [5, 5.41) is 11.7. The molecule has 0 saturated heterocycles. The van der Waals surface area contributed by atoms with Crippen LogP contribution in [0.1, 0.15) is 36.1 Å². The van der Waals surface area contributed by atoms with E-state index < -0.39 is 41.9 Å². The largest absolute Gasteiger partial charge is 0.461 e. The van der Waals surface area contributed by atoms with Gasteiger partial charge >= 0.3 is 11.9 Å². The lowest BCUT2D eigenvalue weighted by Gasteiger charge is -2.38. The fraction of sp³-hybridized carbons (Fsp3) is 0.325. The number of esters is 1. The van der Waals surface area contributed by atoms with Crippen molar-refractivity contribution in [2.45, 2.75) is 70.6 Å². The van der Waals surface area contributed by atoms with Crippen LogP contribution in [0.25, 0.3) is 0 Å². The summed E-state index contributed by atoms with van der Waals surface area (Å²) >= 11 is 0. The Morgan fingerprint density at radius 3 is 1.51 bits per heavy atom. The van der Waals surface area contributed by atoms with Gasteiger partial charge < -0.3 is 28.8 Å². The van der Waals surface area contributed by atoms with Crippen molar-refractivity contribution < 1.29 is 42.4 Å². The van der Waals surface area contributed by atoms with Gasteiger partial charge in [0.1, 0.15) is 24.4 Å². The first kappa shape index (κ1) is 37.6. The van der Waals surface area contributed by atoms with Crippen molar-refractivity contribution in [1.82, 2.24) is 0 Å². The van der Waals surface area contributed by atoms with Gasteiger partial charge in [-0.2, -0.15) is 8.78 Å². The quantitative estimate of drug-likeness (QED) is 0.0770. The molecule has 4 aromatic carbocycles. The highest BCUT2D eigenvalue weighted by molar-refractivity contribution is 5.81. The third kappa shape index (κ3) is 11.4. The van der Waals surface area contributed by atoms with E-state index in [0.29, 0.717) is 5.56 Å². The third-order valence-electron chi connectivity index (χ3n) is 7.76. The summed E-state index contributed by atoms with van der Waals surface area (Å²) in [6, 6.07) is 36.9. The summed E-state index contributed by atoms with van der Waals surface area (Å²) in [6.07, 6.45) is -4.40. The first-order chi connectivity index (χ1) is 23.8. The summed E-state index contributed by atoms with van der Waals surface area (Å²) in [5.74, 6) is -5.80. The molecule has 0 unspecified atom stereocenters. The maximum atomic E-state index is 16.1. The van der Waals surface area contributed by atoms with Gasteiger partial charge in [0, 0.05) is 5.57 Å². The Kier molecular flexibility index (Phi) is 15.1. The molecule has 9 heteroatoms. The SMILES string of the molecule is C/C=C(/[C@H](OCc1ccccc1)[C@@H](OCc1ccccc1)[C@H](OCc1ccccc1)[C@H](O)COCc1ccccc1)C(F)(F)C(=O)OCC. The summed E-state index contributed by atoms with van der Waals surface area (Å²) < 4.78 is 61.9. The number of alkyl halides is 2. The number of hydrogen-bond acceptors (Lipinski definition) is 7. The Morgan fingerprint density at radius 2 is 1.08 bits per heavy atom. The molecular weight excluding hydrogens is 630 g/mol. The van der Waals surface area contributed by atoms with E-state index in [2.05, 4.69) is 0 Å². The number of halogens is 2. The molecule has 0 heterocycles. The molecule has 0 spiro atoms. The fourth-order valence-electron chi connectivity index (χ4n) is 5.26. The van der Waals surface area contributed by atoms with Gasteiger partial charge in [0.2, 0.25) is 0 Å². The molecule has 0 amide bonds. The molecule has 0 bridgehead atoms. The number of allylic oxidation sites excluding steroid dienone is 1. The zero-order valence-corrected chi connectivity index (χ0v) is 27.8. The van der Waals surface area contributed by atoms with Gasteiger partial charge in [0.05, 0.1) is 39.6 Å². The topological polar surface area (TPSA) is 83.5 Å². The van der Waals surface area contributed by atoms with Crippen molar-refractivity contribution in [2.75, 3.05) is 13.2 Å². The van der Waals surface area contributed by atoms with Crippen LogP contribution in [0.3, 0.4) is 0 Å².